The summed E-state index contributed by atoms with van der Waals surface area (Å²) in [5.74, 6) is 1.34. The molecule has 4 rings (SSSR count). The lowest BCUT2D eigenvalue weighted by atomic mass is 9.96. The summed E-state index contributed by atoms with van der Waals surface area (Å²) < 4.78 is 6.24. The lowest BCUT2D eigenvalue weighted by Crippen LogP contribution is -2.46. The number of benzene rings is 1. The van der Waals surface area contributed by atoms with Crippen molar-refractivity contribution in [3.05, 3.63) is 29.3 Å². The molecule has 1 saturated carbocycles. The molecule has 0 aromatic heterocycles. The molecule has 0 radical (unpaired) electrons. The summed E-state index contributed by atoms with van der Waals surface area (Å²) in [4.78, 5) is 31.2. The smallest absolute Gasteiger partial charge is 0.251 e. The first-order chi connectivity index (χ1) is 19.0. The van der Waals surface area contributed by atoms with Gasteiger partial charge in [-0.2, -0.15) is 0 Å². The first-order valence-corrected chi connectivity index (χ1v) is 15.8. The summed E-state index contributed by atoms with van der Waals surface area (Å²) in [5.41, 5.74) is 1.57. The standard InChI is InChI=1S/C32H52N4O3/c1-25(2)17-21-35-23-29-28(14-10-15-30(29)39-22-9-3-7-18-33-31(37)24-35)32(38)34-19-16-27-13-6-8-20-36(27)26-11-4-5-12-26/h10,14-15,25-27H,3-9,11-13,16-24H2,1-2H3,(H,33,37)(H,34,38). The molecule has 218 valence electrons. The van der Waals surface area contributed by atoms with E-state index in [2.05, 4.69) is 34.3 Å². The average Bonchev–Trinajstić information content (AvgIpc) is 3.47. The number of piperidine rings is 1. The summed E-state index contributed by atoms with van der Waals surface area (Å²) in [6.07, 6.45) is 14.1. The summed E-state index contributed by atoms with van der Waals surface area (Å²) >= 11 is 0. The van der Waals surface area contributed by atoms with Crippen molar-refractivity contribution in [2.75, 3.05) is 39.3 Å². The molecule has 7 nitrogen and oxygen atoms in total. The average molecular weight is 541 g/mol. The van der Waals surface area contributed by atoms with Crippen LogP contribution >= 0.6 is 0 Å². The van der Waals surface area contributed by atoms with Crippen molar-refractivity contribution in [1.29, 1.82) is 0 Å². The number of hydrogen-bond donors (Lipinski definition) is 2. The van der Waals surface area contributed by atoms with Gasteiger partial charge in [0.2, 0.25) is 5.91 Å². The van der Waals surface area contributed by atoms with Crippen LogP contribution in [0.1, 0.15) is 107 Å². The molecule has 2 heterocycles. The minimum Gasteiger partial charge on any atom is -0.493 e. The number of nitrogens with one attached hydrogen (secondary N) is 2. The molecular formula is C32H52N4O3. The van der Waals surface area contributed by atoms with Gasteiger partial charge in [-0.05, 0) is 88.9 Å². The van der Waals surface area contributed by atoms with Gasteiger partial charge in [-0.3, -0.25) is 19.4 Å². The van der Waals surface area contributed by atoms with E-state index in [4.69, 9.17) is 4.74 Å². The fraction of sp³-hybridized carbons (Fsp3) is 0.750. The quantitative estimate of drug-likeness (QED) is 0.478. The monoisotopic (exact) mass is 540 g/mol. The second-order valence-electron chi connectivity index (χ2n) is 12.3. The predicted molar refractivity (Wildman–Crippen MR) is 157 cm³/mol. The largest absolute Gasteiger partial charge is 0.493 e. The highest BCUT2D eigenvalue weighted by Gasteiger charge is 2.30. The Morgan fingerprint density at radius 3 is 2.69 bits per heavy atom. The van der Waals surface area contributed by atoms with Crippen molar-refractivity contribution in [2.45, 2.75) is 110 Å². The summed E-state index contributed by atoms with van der Waals surface area (Å²) in [5, 5.41) is 6.34. The number of ether oxygens (including phenoxy) is 1. The van der Waals surface area contributed by atoms with E-state index in [1.807, 2.05) is 18.2 Å². The zero-order valence-corrected chi connectivity index (χ0v) is 24.5. The summed E-state index contributed by atoms with van der Waals surface area (Å²) in [6.45, 7) is 9.31. The van der Waals surface area contributed by atoms with Gasteiger partial charge in [0.1, 0.15) is 5.75 Å². The van der Waals surface area contributed by atoms with Crippen LogP contribution in [-0.2, 0) is 11.3 Å². The molecule has 1 aromatic rings. The first kappa shape index (κ1) is 29.9. The van der Waals surface area contributed by atoms with Crippen LogP contribution in [0, 0.1) is 5.92 Å². The van der Waals surface area contributed by atoms with Crippen molar-refractivity contribution in [3.8, 4) is 5.75 Å². The Morgan fingerprint density at radius 1 is 1.05 bits per heavy atom. The van der Waals surface area contributed by atoms with E-state index in [0.717, 1.165) is 56.0 Å². The number of carbonyl (C=O) groups excluding carboxylic acids is 2. The molecule has 3 aliphatic rings. The van der Waals surface area contributed by atoms with Crippen LogP contribution in [0.25, 0.3) is 0 Å². The molecule has 2 fully saturated rings. The highest BCUT2D eigenvalue weighted by Crippen LogP contribution is 2.31. The number of carbonyl (C=O) groups is 2. The molecule has 1 aliphatic carbocycles. The SMILES string of the molecule is CC(C)CCN1CC(=O)NCCCCCOc2cccc(C(=O)NCCC3CCCCN3C3CCCC3)c2C1. The zero-order valence-electron chi connectivity index (χ0n) is 24.5. The summed E-state index contributed by atoms with van der Waals surface area (Å²) in [7, 11) is 0. The topological polar surface area (TPSA) is 73.9 Å². The fourth-order valence-corrected chi connectivity index (χ4v) is 6.52. The van der Waals surface area contributed by atoms with Crippen molar-refractivity contribution >= 4 is 11.8 Å². The van der Waals surface area contributed by atoms with Gasteiger partial charge >= 0.3 is 0 Å². The predicted octanol–water partition coefficient (Wildman–Crippen LogP) is 5.13. The molecule has 1 aromatic carbocycles. The van der Waals surface area contributed by atoms with Crippen molar-refractivity contribution in [1.82, 2.24) is 20.4 Å². The molecule has 2 N–H and O–H groups in total. The van der Waals surface area contributed by atoms with Gasteiger partial charge in [-0.25, -0.2) is 0 Å². The van der Waals surface area contributed by atoms with Crippen LogP contribution in [0.3, 0.4) is 0 Å². The maximum absolute atomic E-state index is 13.6. The third-order valence-electron chi connectivity index (χ3n) is 8.78. The van der Waals surface area contributed by atoms with E-state index in [9.17, 15) is 9.59 Å². The number of hydrogen-bond acceptors (Lipinski definition) is 5. The van der Waals surface area contributed by atoms with E-state index in [1.54, 1.807) is 0 Å². The number of amides is 2. The van der Waals surface area contributed by atoms with E-state index < -0.39 is 0 Å². The maximum atomic E-state index is 13.6. The molecule has 1 unspecified atom stereocenters. The van der Waals surface area contributed by atoms with E-state index in [0.29, 0.717) is 50.3 Å². The third-order valence-corrected chi connectivity index (χ3v) is 8.78. The Hall–Kier alpha value is -2.12. The molecule has 2 amide bonds. The van der Waals surface area contributed by atoms with Gasteiger partial charge < -0.3 is 15.4 Å². The van der Waals surface area contributed by atoms with Crippen LogP contribution in [0.15, 0.2) is 18.2 Å². The van der Waals surface area contributed by atoms with Crippen LogP contribution in [0.5, 0.6) is 5.75 Å². The van der Waals surface area contributed by atoms with Crippen molar-refractivity contribution < 1.29 is 14.3 Å². The van der Waals surface area contributed by atoms with Gasteiger partial charge in [0.05, 0.1) is 13.2 Å². The van der Waals surface area contributed by atoms with Crippen LogP contribution < -0.4 is 15.4 Å². The number of fused-ring (bicyclic) bond motifs is 1. The summed E-state index contributed by atoms with van der Waals surface area (Å²) in [6, 6.07) is 7.16. The fourth-order valence-electron chi connectivity index (χ4n) is 6.52. The van der Waals surface area contributed by atoms with Crippen molar-refractivity contribution in [2.24, 2.45) is 5.92 Å². The second kappa shape index (κ2) is 15.6. The van der Waals surface area contributed by atoms with Crippen molar-refractivity contribution in [3.63, 3.8) is 0 Å². The van der Waals surface area contributed by atoms with Gasteiger partial charge in [0, 0.05) is 42.8 Å². The third kappa shape index (κ3) is 9.21. The van der Waals surface area contributed by atoms with Gasteiger partial charge in [-0.15, -0.1) is 0 Å². The highest BCUT2D eigenvalue weighted by atomic mass is 16.5. The molecular weight excluding hydrogens is 488 g/mol. The maximum Gasteiger partial charge on any atom is 0.251 e. The molecule has 2 aliphatic heterocycles. The van der Waals surface area contributed by atoms with E-state index in [-0.39, 0.29) is 11.8 Å². The molecule has 0 bridgehead atoms. The van der Waals surface area contributed by atoms with Crippen LogP contribution in [0.2, 0.25) is 0 Å². The number of rotatable bonds is 8. The lowest BCUT2D eigenvalue weighted by Gasteiger charge is -2.40. The Labute approximate surface area is 236 Å². The Morgan fingerprint density at radius 2 is 1.87 bits per heavy atom. The molecule has 0 spiro atoms. The van der Waals surface area contributed by atoms with Crippen LogP contribution in [-0.4, -0.2) is 73.0 Å². The van der Waals surface area contributed by atoms with E-state index in [1.165, 1.54) is 51.5 Å². The minimum atomic E-state index is -0.0312. The molecule has 1 saturated heterocycles. The first-order valence-electron chi connectivity index (χ1n) is 15.8. The highest BCUT2D eigenvalue weighted by molar-refractivity contribution is 5.96. The normalized spacial score (nSPS) is 22.7. The zero-order chi connectivity index (χ0) is 27.5. The van der Waals surface area contributed by atoms with Gasteiger partial charge in [-0.1, -0.05) is 39.2 Å². The van der Waals surface area contributed by atoms with Gasteiger partial charge in [0.15, 0.2) is 0 Å². The minimum absolute atomic E-state index is 0.0312. The molecule has 1 atom stereocenters. The second-order valence-corrected chi connectivity index (χ2v) is 12.3. The number of nitrogens with zero attached hydrogens (tertiary/aromatic N) is 2. The van der Waals surface area contributed by atoms with Gasteiger partial charge in [0.25, 0.3) is 5.91 Å². The van der Waals surface area contributed by atoms with Crippen LogP contribution in [0.4, 0.5) is 0 Å². The Kier molecular flexibility index (Phi) is 11.9. The van der Waals surface area contributed by atoms with E-state index >= 15 is 0 Å². The molecule has 7 heteroatoms. The lowest BCUT2D eigenvalue weighted by molar-refractivity contribution is -0.122. The Balaban J connectivity index is 1.46. The Bertz CT molecular complexity index is 915. The molecule has 39 heavy (non-hydrogen) atoms. The number of likely N-dealkylation sites (tertiary alicyclic amines) is 1.